The number of carbonyl (C=O) groups excluding carboxylic acids is 1. The van der Waals surface area contributed by atoms with Gasteiger partial charge in [0.1, 0.15) is 17.1 Å². The van der Waals surface area contributed by atoms with E-state index in [0.29, 0.717) is 5.69 Å². The number of hydrogen-bond acceptors (Lipinski definition) is 7. The van der Waals surface area contributed by atoms with Gasteiger partial charge in [0.05, 0.1) is 16.8 Å². The molecule has 0 spiro atoms. The van der Waals surface area contributed by atoms with Gasteiger partial charge in [-0.15, -0.1) is 0 Å². The summed E-state index contributed by atoms with van der Waals surface area (Å²) in [5, 5.41) is 18.6. The van der Waals surface area contributed by atoms with E-state index in [2.05, 4.69) is 10.2 Å². The van der Waals surface area contributed by atoms with E-state index in [4.69, 9.17) is 0 Å². The molecule has 3 heterocycles. The van der Waals surface area contributed by atoms with Gasteiger partial charge in [0.15, 0.2) is 0 Å². The van der Waals surface area contributed by atoms with Crippen LogP contribution in [0.15, 0.2) is 11.1 Å². The lowest BCUT2D eigenvalue weighted by atomic mass is 10.3. The van der Waals surface area contributed by atoms with Crippen molar-refractivity contribution in [2.45, 2.75) is 31.7 Å². The number of piperazine rings is 1. The largest absolute Gasteiger partial charge is 0.338 e. The predicted molar refractivity (Wildman–Crippen MR) is 102 cm³/mol. The molecule has 170 valence electrons. The number of hydrogen-bond donors (Lipinski definition) is 0. The maximum Gasteiger partial charge on any atom is 0.319 e. The van der Waals surface area contributed by atoms with Crippen molar-refractivity contribution in [1.82, 2.24) is 28.8 Å². The average Bonchev–Trinajstić information content (AvgIpc) is 3.22. The lowest BCUT2D eigenvalue weighted by Crippen LogP contribution is -2.51. The third kappa shape index (κ3) is 4.14. The molecule has 1 amide bonds. The van der Waals surface area contributed by atoms with Crippen LogP contribution < -0.4 is 0 Å². The maximum atomic E-state index is 13.1. The second-order valence-corrected chi connectivity index (χ2v) is 8.94. The van der Waals surface area contributed by atoms with Crippen LogP contribution >= 0.6 is 0 Å². The molecule has 1 saturated heterocycles. The van der Waals surface area contributed by atoms with Crippen molar-refractivity contribution in [2.24, 2.45) is 7.05 Å². The third-order valence-corrected chi connectivity index (χ3v) is 7.28. The molecule has 2 aromatic rings. The molecule has 0 bridgehead atoms. The van der Waals surface area contributed by atoms with Gasteiger partial charge >= 0.3 is 5.69 Å². The molecule has 0 atom stereocenters. The maximum absolute atomic E-state index is 13.1. The van der Waals surface area contributed by atoms with E-state index in [0.717, 1.165) is 4.68 Å². The summed E-state index contributed by atoms with van der Waals surface area (Å²) in [5.41, 5.74) is -1.46. The molecule has 1 fully saturated rings. The van der Waals surface area contributed by atoms with E-state index in [1.54, 1.807) is 14.0 Å². The molecule has 0 aliphatic carbocycles. The van der Waals surface area contributed by atoms with Crippen LogP contribution in [0.3, 0.4) is 0 Å². The summed E-state index contributed by atoms with van der Waals surface area (Å²) in [5.74, 6) is -0.504. The summed E-state index contributed by atoms with van der Waals surface area (Å²) in [4.78, 5) is 24.2. The summed E-state index contributed by atoms with van der Waals surface area (Å²) in [6.07, 6.45) is -1.88. The van der Waals surface area contributed by atoms with Gasteiger partial charge in [-0.1, -0.05) is 0 Å². The van der Waals surface area contributed by atoms with E-state index in [-0.39, 0.29) is 36.8 Å². The monoisotopic (exact) mass is 461 g/mol. The number of aryl methyl sites for hydroxylation is 1. The fourth-order valence-corrected chi connectivity index (χ4v) is 4.97. The van der Waals surface area contributed by atoms with Crippen LogP contribution in [0.5, 0.6) is 0 Å². The summed E-state index contributed by atoms with van der Waals surface area (Å²) in [7, 11) is -2.14. The van der Waals surface area contributed by atoms with E-state index in [1.807, 2.05) is 0 Å². The number of rotatable bonds is 6. The van der Waals surface area contributed by atoms with Crippen molar-refractivity contribution >= 4 is 21.6 Å². The standard InChI is InChI=1S/C16H21F2N7O5S/c1-10-12(8-19-21(10)3)31(29,30)23-6-4-22(5-7-23)13(26)9-24-11(2)15(25(27)28)14(20-24)16(17)18/h8,16H,4-7,9H2,1-3H3. The Morgan fingerprint density at radius 2 is 1.84 bits per heavy atom. The van der Waals surface area contributed by atoms with Crippen LogP contribution in [0.1, 0.15) is 23.5 Å². The van der Waals surface area contributed by atoms with Gasteiger partial charge in [-0.3, -0.25) is 24.3 Å². The Morgan fingerprint density at radius 1 is 1.23 bits per heavy atom. The van der Waals surface area contributed by atoms with E-state index >= 15 is 0 Å². The lowest BCUT2D eigenvalue weighted by Gasteiger charge is -2.34. The minimum absolute atomic E-state index is 0.0446. The number of carbonyl (C=O) groups is 1. The molecular formula is C16H21F2N7O5S. The fourth-order valence-electron chi connectivity index (χ4n) is 3.36. The van der Waals surface area contributed by atoms with Gasteiger partial charge in [-0.05, 0) is 13.8 Å². The first-order valence-corrected chi connectivity index (χ1v) is 10.7. The zero-order valence-electron chi connectivity index (χ0n) is 17.0. The number of sulfonamides is 1. The zero-order chi connectivity index (χ0) is 23.1. The Labute approximate surface area is 176 Å². The van der Waals surface area contributed by atoms with Gasteiger partial charge in [-0.25, -0.2) is 17.2 Å². The number of nitro groups is 1. The highest BCUT2D eigenvalue weighted by Crippen LogP contribution is 2.31. The van der Waals surface area contributed by atoms with E-state index in [9.17, 15) is 32.1 Å². The number of aromatic nitrogens is 4. The molecule has 1 aliphatic heterocycles. The van der Waals surface area contributed by atoms with Gasteiger partial charge < -0.3 is 4.90 Å². The second kappa shape index (κ2) is 8.30. The molecule has 31 heavy (non-hydrogen) atoms. The predicted octanol–water partition coefficient (Wildman–Crippen LogP) is 0.612. The SMILES string of the molecule is Cc1c(S(=O)(=O)N2CCN(C(=O)Cn3nc(C(F)F)c([N+](=O)[O-])c3C)CC2)cnn1C. The van der Waals surface area contributed by atoms with E-state index in [1.165, 1.54) is 27.0 Å². The highest BCUT2D eigenvalue weighted by atomic mass is 32.2. The average molecular weight is 461 g/mol. The Hall–Kier alpha value is -2.94. The highest BCUT2D eigenvalue weighted by molar-refractivity contribution is 7.89. The Bertz CT molecular complexity index is 1120. The number of amides is 1. The second-order valence-electron chi connectivity index (χ2n) is 7.04. The third-order valence-electron chi connectivity index (χ3n) is 5.27. The van der Waals surface area contributed by atoms with Crippen LogP contribution in [0.25, 0.3) is 0 Å². The fraction of sp³-hybridized carbons (Fsp3) is 0.562. The van der Waals surface area contributed by atoms with Crippen molar-refractivity contribution < 1.29 is 26.9 Å². The minimum Gasteiger partial charge on any atom is -0.338 e. The Kier molecular flexibility index (Phi) is 6.09. The van der Waals surface area contributed by atoms with Crippen LogP contribution in [0.4, 0.5) is 14.5 Å². The highest BCUT2D eigenvalue weighted by Gasteiger charge is 2.34. The van der Waals surface area contributed by atoms with Crippen LogP contribution in [-0.4, -0.2) is 74.2 Å². The van der Waals surface area contributed by atoms with Crippen molar-refractivity contribution in [2.75, 3.05) is 26.2 Å². The molecule has 0 unspecified atom stereocenters. The summed E-state index contributed by atoms with van der Waals surface area (Å²) in [6.45, 7) is 2.67. The minimum atomic E-state index is -3.77. The lowest BCUT2D eigenvalue weighted by molar-refractivity contribution is -0.386. The molecule has 3 rings (SSSR count). The van der Waals surface area contributed by atoms with Crippen LogP contribution in [0.2, 0.25) is 0 Å². The molecule has 1 aliphatic rings. The topological polar surface area (TPSA) is 136 Å². The zero-order valence-corrected chi connectivity index (χ0v) is 17.8. The number of nitrogens with zero attached hydrogens (tertiary/aromatic N) is 7. The first-order chi connectivity index (χ1) is 14.4. The smallest absolute Gasteiger partial charge is 0.319 e. The molecular weight excluding hydrogens is 440 g/mol. The number of alkyl halides is 2. The molecule has 2 aromatic heterocycles. The van der Waals surface area contributed by atoms with Gasteiger partial charge in [0.25, 0.3) is 6.43 Å². The number of halogens is 2. The van der Waals surface area contributed by atoms with Crippen LogP contribution in [0, 0.1) is 24.0 Å². The molecule has 0 aromatic carbocycles. The molecule has 0 saturated carbocycles. The van der Waals surface area contributed by atoms with E-state index < -0.39 is 45.2 Å². The van der Waals surface area contributed by atoms with Crippen molar-refractivity contribution in [3.8, 4) is 0 Å². The van der Waals surface area contributed by atoms with Gasteiger partial charge in [0.2, 0.25) is 21.6 Å². The molecule has 0 N–H and O–H groups in total. The van der Waals surface area contributed by atoms with Crippen molar-refractivity contribution in [1.29, 1.82) is 0 Å². The van der Waals surface area contributed by atoms with Gasteiger partial charge in [-0.2, -0.15) is 14.5 Å². The quantitative estimate of drug-likeness (QED) is 0.454. The van der Waals surface area contributed by atoms with Crippen LogP contribution in [-0.2, 0) is 28.4 Å². The summed E-state index contributed by atoms with van der Waals surface area (Å²) >= 11 is 0. The normalized spacial score (nSPS) is 15.6. The molecule has 0 radical (unpaired) electrons. The molecule has 15 heteroatoms. The van der Waals surface area contributed by atoms with Gasteiger partial charge in [0, 0.05) is 33.2 Å². The molecule has 12 nitrogen and oxygen atoms in total. The summed E-state index contributed by atoms with van der Waals surface area (Å²) < 4.78 is 55.3. The first-order valence-electron chi connectivity index (χ1n) is 9.21. The van der Waals surface area contributed by atoms with Crippen molar-refractivity contribution in [3.05, 3.63) is 33.4 Å². The Balaban J connectivity index is 1.69. The first kappa shape index (κ1) is 22.7. The summed E-state index contributed by atoms with van der Waals surface area (Å²) in [6, 6.07) is 0. The Morgan fingerprint density at radius 3 is 2.29 bits per heavy atom. The van der Waals surface area contributed by atoms with Crippen molar-refractivity contribution in [3.63, 3.8) is 0 Å².